The molecule has 3 rings (SSSR count). The van der Waals surface area contributed by atoms with Crippen molar-refractivity contribution in [3.63, 3.8) is 0 Å². The fourth-order valence-corrected chi connectivity index (χ4v) is 2.80. The highest BCUT2D eigenvalue weighted by Crippen LogP contribution is 2.31. The molecule has 0 aromatic heterocycles. The van der Waals surface area contributed by atoms with Crippen molar-refractivity contribution in [3.8, 4) is 5.75 Å². The number of ether oxygens (including phenoxy) is 1. The molecule has 1 aliphatic rings. The Labute approximate surface area is 129 Å². The number of hydrogen-bond donors (Lipinski definition) is 0. The zero-order valence-corrected chi connectivity index (χ0v) is 12.4. The van der Waals surface area contributed by atoms with Crippen molar-refractivity contribution in [1.82, 2.24) is 0 Å². The van der Waals surface area contributed by atoms with Crippen LogP contribution in [0.2, 0.25) is 5.02 Å². The molecule has 1 saturated heterocycles. The number of hydrogen-bond acceptors (Lipinski definition) is 2. The van der Waals surface area contributed by atoms with Gasteiger partial charge in [0.05, 0.1) is 5.02 Å². The highest BCUT2D eigenvalue weighted by molar-refractivity contribution is 6.32. The predicted octanol–water partition coefficient (Wildman–Crippen LogP) is 4.66. The van der Waals surface area contributed by atoms with E-state index in [0.29, 0.717) is 17.4 Å². The normalized spacial score (nSPS) is 14.5. The van der Waals surface area contributed by atoms with E-state index in [9.17, 15) is 4.39 Å². The van der Waals surface area contributed by atoms with Crippen LogP contribution in [-0.4, -0.2) is 13.1 Å². The summed E-state index contributed by atoms with van der Waals surface area (Å²) in [5, 5.41) is 0.593. The molecule has 4 heteroatoms. The quantitative estimate of drug-likeness (QED) is 0.814. The molecule has 2 nitrogen and oxygen atoms in total. The number of rotatable bonds is 4. The summed E-state index contributed by atoms with van der Waals surface area (Å²) >= 11 is 6.28. The van der Waals surface area contributed by atoms with Crippen molar-refractivity contribution in [3.05, 3.63) is 58.9 Å². The van der Waals surface area contributed by atoms with Gasteiger partial charge in [0.25, 0.3) is 0 Å². The molecule has 0 atom stereocenters. The van der Waals surface area contributed by atoms with Crippen molar-refractivity contribution >= 4 is 17.3 Å². The zero-order chi connectivity index (χ0) is 14.7. The molecule has 1 fully saturated rings. The molecule has 21 heavy (non-hydrogen) atoms. The van der Waals surface area contributed by atoms with E-state index in [-0.39, 0.29) is 5.82 Å². The minimum atomic E-state index is -0.258. The van der Waals surface area contributed by atoms with Gasteiger partial charge in [-0.15, -0.1) is 0 Å². The van der Waals surface area contributed by atoms with Crippen molar-refractivity contribution in [1.29, 1.82) is 0 Å². The zero-order valence-electron chi connectivity index (χ0n) is 11.7. The Morgan fingerprint density at radius 2 is 1.90 bits per heavy atom. The Morgan fingerprint density at radius 1 is 1.10 bits per heavy atom. The smallest absolute Gasteiger partial charge is 0.138 e. The summed E-state index contributed by atoms with van der Waals surface area (Å²) in [6, 6.07) is 12.2. The maximum absolute atomic E-state index is 13.1. The van der Waals surface area contributed by atoms with Gasteiger partial charge in [-0.2, -0.15) is 0 Å². The summed E-state index contributed by atoms with van der Waals surface area (Å²) in [4.78, 5) is 2.32. The van der Waals surface area contributed by atoms with Gasteiger partial charge < -0.3 is 9.64 Å². The lowest BCUT2D eigenvalue weighted by Gasteiger charge is -2.18. The third-order valence-corrected chi connectivity index (χ3v) is 3.97. The van der Waals surface area contributed by atoms with Gasteiger partial charge in [0.15, 0.2) is 0 Å². The molecule has 2 aromatic carbocycles. The molecule has 110 valence electrons. The molecule has 1 heterocycles. The van der Waals surface area contributed by atoms with Gasteiger partial charge in [-0.3, -0.25) is 0 Å². The summed E-state index contributed by atoms with van der Waals surface area (Å²) in [6.07, 6.45) is 2.46. The molecule has 0 radical (unpaired) electrons. The van der Waals surface area contributed by atoms with E-state index in [0.717, 1.165) is 24.3 Å². The van der Waals surface area contributed by atoms with Crippen LogP contribution in [0, 0.1) is 5.82 Å². The third-order valence-electron chi connectivity index (χ3n) is 3.67. The lowest BCUT2D eigenvalue weighted by Crippen LogP contribution is -2.17. The van der Waals surface area contributed by atoms with Crippen molar-refractivity contribution in [2.75, 3.05) is 18.0 Å². The SMILES string of the molecule is Fc1cccc(COc2ccc(N3CCCC3)cc2Cl)c1. The molecule has 0 unspecified atom stereocenters. The van der Waals surface area contributed by atoms with Crippen LogP contribution in [0.1, 0.15) is 18.4 Å². The van der Waals surface area contributed by atoms with Crippen LogP contribution < -0.4 is 9.64 Å². The predicted molar refractivity (Wildman–Crippen MR) is 83.6 cm³/mol. The van der Waals surface area contributed by atoms with Gasteiger partial charge in [0.1, 0.15) is 18.2 Å². The number of halogens is 2. The largest absolute Gasteiger partial charge is 0.487 e. The Balaban J connectivity index is 1.68. The lowest BCUT2D eigenvalue weighted by molar-refractivity contribution is 0.306. The van der Waals surface area contributed by atoms with Gasteiger partial charge in [-0.25, -0.2) is 4.39 Å². The Bertz CT molecular complexity index is 626. The van der Waals surface area contributed by atoms with Crippen molar-refractivity contribution < 1.29 is 9.13 Å². The Hall–Kier alpha value is -1.74. The molecule has 0 amide bonds. The number of anilines is 1. The summed E-state index contributed by atoms with van der Waals surface area (Å²) in [5.74, 6) is 0.371. The van der Waals surface area contributed by atoms with Crippen molar-refractivity contribution in [2.45, 2.75) is 19.4 Å². The fraction of sp³-hybridized carbons (Fsp3) is 0.294. The van der Waals surface area contributed by atoms with Gasteiger partial charge in [-0.1, -0.05) is 23.7 Å². The van der Waals surface area contributed by atoms with Gasteiger partial charge in [0, 0.05) is 18.8 Å². The summed E-state index contributed by atoms with van der Waals surface area (Å²) in [6.45, 7) is 2.47. The summed E-state index contributed by atoms with van der Waals surface area (Å²) < 4.78 is 18.8. The fourth-order valence-electron chi connectivity index (χ4n) is 2.57. The Kier molecular flexibility index (Phi) is 4.30. The molecule has 1 aliphatic heterocycles. The third kappa shape index (κ3) is 3.48. The first kappa shape index (κ1) is 14.2. The van der Waals surface area contributed by atoms with Crippen LogP contribution >= 0.6 is 11.6 Å². The first-order valence-corrected chi connectivity index (χ1v) is 7.52. The van der Waals surface area contributed by atoms with E-state index in [1.807, 2.05) is 24.3 Å². The van der Waals surface area contributed by atoms with Crippen LogP contribution in [0.25, 0.3) is 0 Å². The second-order valence-corrected chi connectivity index (χ2v) is 5.63. The second-order valence-electron chi connectivity index (χ2n) is 5.23. The van der Waals surface area contributed by atoms with E-state index >= 15 is 0 Å². The number of benzene rings is 2. The summed E-state index contributed by atoms with van der Waals surface area (Å²) in [5.41, 5.74) is 1.92. The maximum Gasteiger partial charge on any atom is 0.138 e. The van der Waals surface area contributed by atoms with Crippen LogP contribution in [0.5, 0.6) is 5.75 Å². The standard InChI is InChI=1S/C17H17ClFNO/c18-16-11-15(20-8-1-2-9-20)6-7-17(16)21-12-13-4-3-5-14(19)10-13/h3-7,10-11H,1-2,8-9,12H2. The first-order valence-electron chi connectivity index (χ1n) is 7.14. The molecular weight excluding hydrogens is 289 g/mol. The first-order chi connectivity index (χ1) is 10.2. The molecule has 0 N–H and O–H groups in total. The average Bonchev–Trinajstić information content (AvgIpc) is 3.00. The van der Waals surface area contributed by atoms with Crippen molar-refractivity contribution in [2.24, 2.45) is 0 Å². The maximum atomic E-state index is 13.1. The lowest BCUT2D eigenvalue weighted by atomic mass is 10.2. The molecule has 0 spiro atoms. The molecule has 2 aromatic rings. The number of nitrogens with zero attached hydrogens (tertiary/aromatic N) is 1. The van der Waals surface area contributed by atoms with Gasteiger partial charge in [-0.05, 0) is 48.7 Å². The second kappa shape index (κ2) is 6.35. The molecular formula is C17H17ClFNO. The highest BCUT2D eigenvalue weighted by Gasteiger charge is 2.13. The molecule has 0 saturated carbocycles. The monoisotopic (exact) mass is 305 g/mol. The van der Waals surface area contributed by atoms with E-state index in [2.05, 4.69) is 4.90 Å². The summed E-state index contributed by atoms with van der Waals surface area (Å²) in [7, 11) is 0. The van der Waals surface area contributed by atoms with E-state index in [1.165, 1.54) is 25.0 Å². The van der Waals surface area contributed by atoms with Gasteiger partial charge in [0.2, 0.25) is 0 Å². The van der Waals surface area contributed by atoms with Gasteiger partial charge >= 0.3 is 0 Å². The van der Waals surface area contributed by atoms with E-state index < -0.39 is 0 Å². The van der Waals surface area contributed by atoms with E-state index in [1.54, 1.807) is 6.07 Å². The minimum Gasteiger partial charge on any atom is -0.487 e. The van der Waals surface area contributed by atoms with Crippen LogP contribution in [-0.2, 0) is 6.61 Å². The Morgan fingerprint density at radius 3 is 2.62 bits per heavy atom. The van der Waals surface area contributed by atoms with Crippen LogP contribution in [0.15, 0.2) is 42.5 Å². The topological polar surface area (TPSA) is 12.5 Å². The van der Waals surface area contributed by atoms with Crippen LogP contribution in [0.3, 0.4) is 0 Å². The highest BCUT2D eigenvalue weighted by atomic mass is 35.5. The van der Waals surface area contributed by atoms with Crippen LogP contribution in [0.4, 0.5) is 10.1 Å². The average molecular weight is 306 g/mol. The van der Waals surface area contributed by atoms with E-state index in [4.69, 9.17) is 16.3 Å². The minimum absolute atomic E-state index is 0.258. The molecule has 0 aliphatic carbocycles. The molecule has 0 bridgehead atoms.